The molecule has 5 nitrogen and oxygen atoms in total. The third-order valence-electron chi connectivity index (χ3n) is 4.40. The van der Waals surface area contributed by atoms with Crippen molar-refractivity contribution < 1.29 is 23.1 Å². The number of amides is 2. The summed E-state index contributed by atoms with van der Waals surface area (Å²) in [5.74, 6) is -0.400. The quantitative estimate of drug-likeness (QED) is 0.816. The summed E-state index contributed by atoms with van der Waals surface area (Å²) < 4.78 is 28.9. The average Bonchev–Trinajstić information content (AvgIpc) is 3.20. The van der Waals surface area contributed by atoms with Crippen LogP contribution in [0.5, 0.6) is 5.75 Å². The predicted molar refractivity (Wildman–Crippen MR) is 97.9 cm³/mol. The molecule has 2 heterocycles. The number of rotatable bonds is 6. The summed E-state index contributed by atoms with van der Waals surface area (Å²) in [6.45, 7) is -1.64. The molecule has 1 atom stereocenters. The fourth-order valence-electron chi connectivity index (χ4n) is 3.10. The highest BCUT2D eigenvalue weighted by Crippen LogP contribution is 2.21. The van der Waals surface area contributed by atoms with E-state index in [9.17, 15) is 18.4 Å². The zero-order chi connectivity index (χ0) is 19.2. The van der Waals surface area contributed by atoms with Crippen molar-refractivity contribution in [3.05, 3.63) is 52.2 Å². The van der Waals surface area contributed by atoms with E-state index in [1.54, 1.807) is 23.1 Å². The number of alkyl halides is 2. The molecule has 144 valence electrons. The molecule has 0 radical (unpaired) electrons. The van der Waals surface area contributed by atoms with E-state index in [1.807, 2.05) is 11.4 Å². The Morgan fingerprint density at radius 2 is 2.15 bits per heavy atom. The van der Waals surface area contributed by atoms with Crippen LogP contribution in [0, 0.1) is 5.92 Å². The van der Waals surface area contributed by atoms with Crippen LogP contribution >= 0.6 is 11.3 Å². The van der Waals surface area contributed by atoms with Gasteiger partial charge in [0.05, 0.1) is 10.8 Å². The zero-order valence-electron chi connectivity index (χ0n) is 14.6. The number of halogens is 2. The fourth-order valence-corrected chi connectivity index (χ4v) is 3.79. The van der Waals surface area contributed by atoms with Gasteiger partial charge in [0.25, 0.3) is 5.91 Å². The van der Waals surface area contributed by atoms with E-state index in [0.717, 1.165) is 6.42 Å². The topological polar surface area (TPSA) is 58.6 Å². The second-order valence-electron chi connectivity index (χ2n) is 6.31. The van der Waals surface area contributed by atoms with Crippen molar-refractivity contribution >= 4 is 23.2 Å². The van der Waals surface area contributed by atoms with Gasteiger partial charge in [-0.1, -0.05) is 18.2 Å². The molecular weight excluding hydrogens is 374 g/mol. The number of nitrogens with one attached hydrogen (secondary N) is 1. The normalized spacial score (nSPS) is 17.0. The van der Waals surface area contributed by atoms with Crippen LogP contribution in [0.3, 0.4) is 0 Å². The van der Waals surface area contributed by atoms with Gasteiger partial charge < -0.3 is 15.0 Å². The Morgan fingerprint density at radius 3 is 2.89 bits per heavy atom. The Labute approximate surface area is 159 Å². The number of ether oxygens (including phenoxy) is 1. The molecule has 1 aliphatic heterocycles. The number of likely N-dealkylation sites (tertiary alicyclic amines) is 1. The molecule has 0 saturated carbocycles. The van der Waals surface area contributed by atoms with Crippen LogP contribution in [-0.2, 0) is 11.3 Å². The number of piperidine rings is 1. The summed E-state index contributed by atoms with van der Waals surface area (Å²) >= 11 is 1.39. The molecule has 1 aliphatic rings. The van der Waals surface area contributed by atoms with Gasteiger partial charge in [-0.3, -0.25) is 9.59 Å². The van der Waals surface area contributed by atoms with Crippen LogP contribution < -0.4 is 10.1 Å². The van der Waals surface area contributed by atoms with Gasteiger partial charge in [-0.05, 0) is 42.0 Å². The summed E-state index contributed by atoms with van der Waals surface area (Å²) in [5.41, 5.74) is 0.670. The Bertz CT molecular complexity index is 783. The number of hydrogen-bond donors (Lipinski definition) is 1. The standard InChI is InChI=1S/C19H20F2N2O3S/c20-19(21)26-15-6-1-4-13(10-15)11-22-17(24)14-5-2-8-23(12-14)18(25)16-7-3-9-27-16/h1,3-4,6-7,9-10,14,19H,2,5,8,11-12H2,(H,22,24). The van der Waals surface area contributed by atoms with E-state index < -0.39 is 6.61 Å². The molecule has 1 fully saturated rings. The van der Waals surface area contributed by atoms with E-state index in [0.29, 0.717) is 30.0 Å². The Balaban J connectivity index is 1.54. The maximum atomic E-state index is 12.5. The second kappa shape index (κ2) is 8.94. The number of carbonyl (C=O) groups is 2. The number of carbonyl (C=O) groups excluding carboxylic acids is 2. The van der Waals surface area contributed by atoms with Gasteiger partial charge in [-0.25, -0.2) is 0 Å². The van der Waals surface area contributed by atoms with Crippen molar-refractivity contribution in [2.45, 2.75) is 26.0 Å². The van der Waals surface area contributed by atoms with Gasteiger partial charge >= 0.3 is 6.61 Å². The third kappa shape index (κ3) is 5.26. The van der Waals surface area contributed by atoms with Gasteiger partial charge in [-0.15, -0.1) is 11.3 Å². The van der Waals surface area contributed by atoms with Gasteiger partial charge in [0.15, 0.2) is 0 Å². The van der Waals surface area contributed by atoms with Gasteiger partial charge in [-0.2, -0.15) is 8.78 Å². The fraction of sp³-hybridized carbons (Fsp3) is 0.368. The van der Waals surface area contributed by atoms with Gasteiger partial charge in [0.1, 0.15) is 5.75 Å². The van der Waals surface area contributed by atoms with Crippen molar-refractivity contribution in [2.75, 3.05) is 13.1 Å². The van der Waals surface area contributed by atoms with Crippen LogP contribution in [0.2, 0.25) is 0 Å². The SMILES string of the molecule is O=C(NCc1cccc(OC(F)F)c1)C1CCCN(C(=O)c2cccs2)C1. The highest BCUT2D eigenvalue weighted by Gasteiger charge is 2.29. The molecular formula is C19H20F2N2O3S. The highest BCUT2D eigenvalue weighted by atomic mass is 32.1. The molecule has 2 aromatic rings. The van der Waals surface area contributed by atoms with Crippen molar-refractivity contribution in [2.24, 2.45) is 5.92 Å². The Morgan fingerprint density at radius 1 is 1.30 bits per heavy atom. The maximum Gasteiger partial charge on any atom is 0.387 e. The molecule has 1 unspecified atom stereocenters. The van der Waals surface area contributed by atoms with Crippen LogP contribution in [-0.4, -0.2) is 36.4 Å². The van der Waals surface area contributed by atoms with E-state index in [4.69, 9.17) is 0 Å². The van der Waals surface area contributed by atoms with E-state index >= 15 is 0 Å². The molecule has 0 spiro atoms. The van der Waals surface area contributed by atoms with Crippen LogP contribution in [0.4, 0.5) is 8.78 Å². The first-order valence-corrected chi connectivity index (χ1v) is 9.55. The molecule has 1 N–H and O–H groups in total. The molecule has 1 aromatic heterocycles. The molecule has 0 bridgehead atoms. The van der Waals surface area contributed by atoms with Crippen LogP contribution in [0.25, 0.3) is 0 Å². The first-order valence-electron chi connectivity index (χ1n) is 8.67. The van der Waals surface area contributed by atoms with Crippen molar-refractivity contribution in [3.63, 3.8) is 0 Å². The molecule has 1 saturated heterocycles. The van der Waals surface area contributed by atoms with Crippen LogP contribution in [0.15, 0.2) is 41.8 Å². The van der Waals surface area contributed by atoms with Gasteiger partial charge in [0.2, 0.25) is 5.91 Å². The Kier molecular flexibility index (Phi) is 6.39. The van der Waals surface area contributed by atoms with Crippen molar-refractivity contribution in [1.82, 2.24) is 10.2 Å². The average molecular weight is 394 g/mol. The zero-order valence-corrected chi connectivity index (χ0v) is 15.4. The molecule has 0 aliphatic carbocycles. The lowest BCUT2D eigenvalue weighted by Gasteiger charge is -2.31. The molecule has 2 amide bonds. The lowest BCUT2D eigenvalue weighted by atomic mass is 9.97. The summed E-state index contributed by atoms with van der Waals surface area (Å²) in [5, 5.41) is 4.68. The lowest BCUT2D eigenvalue weighted by Crippen LogP contribution is -2.45. The smallest absolute Gasteiger partial charge is 0.387 e. The summed E-state index contributed by atoms with van der Waals surface area (Å²) in [6, 6.07) is 9.85. The number of nitrogens with zero attached hydrogens (tertiary/aromatic N) is 1. The number of hydrogen-bond acceptors (Lipinski definition) is 4. The summed E-state index contributed by atoms with van der Waals surface area (Å²) in [6.07, 6.45) is 1.49. The van der Waals surface area contributed by atoms with Gasteiger partial charge in [0, 0.05) is 19.6 Å². The minimum Gasteiger partial charge on any atom is -0.435 e. The molecule has 3 rings (SSSR count). The minimum atomic E-state index is -2.89. The molecule has 27 heavy (non-hydrogen) atoms. The summed E-state index contributed by atoms with van der Waals surface area (Å²) in [7, 11) is 0. The monoisotopic (exact) mass is 394 g/mol. The minimum absolute atomic E-state index is 0.0423. The van der Waals surface area contributed by atoms with E-state index in [1.165, 1.54) is 23.5 Å². The van der Waals surface area contributed by atoms with Crippen molar-refractivity contribution in [1.29, 1.82) is 0 Å². The van der Waals surface area contributed by atoms with Crippen molar-refractivity contribution in [3.8, 4) is 5.75 Å². The third-order valence-corrected chi connectivity index (χ3v) is 5.26. The first-order chi connectivity index (χ1) is 13.0. The molecule has 8 heteroatoms. The predicted octanol–water partition coefficient (Wildman–Crippen LogP) is 3.52. The lowest BCUT2D eigenvalue weighted by molar-refractivity contribution is -0.126. The molecule has 1 aromatic carbocycles. The first kappa shape index (κ1) is 19.3. The largest absolute Gasteiger partial charge is 0.435 e. The summed E-state index contributed by atoms with van der Waals surface area (Å²) in [4.78, 5) is 27.3. The Hall–Kier alpha value is -2.48. The highest BCUT2D eigenvalue weighted by molar-refractivity contribution is 7.12. The maximum absolute atomic E-state index is 12.5. The second-order valence-corrected chi connectivity index (χ2v) is 7.26. The number of benzene rings is 1. The van der Waals surface area contributed by atoms with E-state index in [-0.39, 0.29) is 30.0 Å². The number of thiophene rings is 1. The van der Waals surface area contributed by atoms with E-state index in [2.05, 4.69) is 10.1 Å². The van der Waals surface area contributed by atoms with Crippen LogP contribution in [0.1, 0.15) is 28.1 Å².